The highest BCUT2D eigenvalue weighted by Crippen LogP contribution is 2.31. The van der Waals surface area contributed by atoms with E-state index in [1.54, 1.807) is 6.07 Å². The number of nitriles is 1. The smallest absolute Gasteiger partial charge is 0.327 e. The van der Waals surface area contributed by atoms with Crippen molar-refractivity contribution in [3.63, 3.8) is 0 Å². The molecule has 1 aromatic rings. The molecule has 1 fully saturated rings. The third-order valence-electron chi connectivity index (χ3n) is 5.03. The van der Waals surface area contributed by atoms with Gasteiger partial charge in [0.25, 0.3) is 0 Å². The average Bonchev–Trinajstić information content (AvgIpc) is 2.66. The Labute approximate surface area is 151 Å². The van der Waals surface area contributed by atoms with Crippen LogP contribution in [0.4, 0.5) is 0 Å². The van der Waals surface area contributed by atoms with Crippen LogP contribution >= 0.6 is 8.69 Å². The van der Waals surface area contributed by atoms with E-state index in [4.69, 9.17) is 9.79 Å². The Hall–Kier alpha value is -1.31. The zero-order valence-corrected chi connectivity index (χ0v) is 15.6. The largest absolute Gasteiger partial charge is 0.392 e. The lowest BCUT2D eigenvalue weighted by molar-refractivity contribution is 0.0544. The summed E-state index contributed by atoms with van der Waals surface area (Å²) < 4.78 is 16.3. The van der Waals surface area contributed by atoms with E-state index in [0.29, 0.717) is 24.4 Å². The first-order chi connectivity index (χ1) is 12.1. The Balaban J connectivity index is 1.84. The Morgan fingerprint density at radius 2 is 2.16 bits per heavy atom. The van der Waals surface area contributed by atoms with Crippen LogP contribution in [0.25, 0.3) is 0 Å². The van der Waals surface area contributed by atoms with E-state index in [9.17, 15) is 9.67 Å². The molecule has 0 spiro atoms. The van der Waals surface area contributed by atoms with Crippen LogP contribution < -0.4 is 5.32 Å². The van der Waals surface area contributed by atoms with Gasteiger partial charge in [0, 0.05) is 19.0 Å². The molecule has 0 aromatic heterocycles. The number of aliphatic hydroxyl groups is 1. The first-order valence-electron chi connectivity index (χ1n) is 9.04. The lowest BCUT2D eigenvalue weighted by Crippen LogP contribution is -2.34. The lowest BCUT2D eigenvalue weighted by atomic mass is 9.83. The van der Waals surface area contributed by atoms with Gasteiger partial charge in [0.05, 0.1) is 23.8 Å². The van der Waals surface area contributed by atoms with Crippen molar-refractivity contribution in [2.75, 3.05) is 6.54 Å². The Morgan fingerprint density at radius 3 is 2.84 bits per heavy atom. The highest BCUT2D eigenvalue weighted by atomic mass is 31.1. The summed E-state index contributed by atoms with van der Waals surface area (Å²) in [7, 11) is -0.309. The van der Waals surface area contributed by atoms with E-state index in [2.05, 4.69) is 11.4 Å². The lowest BCUT2D eigenvalue weighted by Gasteiger charge is -2.30. The summed E-state index contributed by atoms with van der Waals surface area (Å²) in [5, 5.41) is 22.7. The molecule has 1 saturated carbocycles. The quantitative estimate of drug-likeness (QED) is 0.646. The summed E-state index contributed by atoms with van der Waals surface area (Å²) in [6, 6.07) is 9.64. The van der Waals surface area contributed by atoms with Crippen LogP contribution in [0.15, 0.2) is 24.3 Å². The molecule has 0 heterocycles. The Bertz CT molecular complexity index is 584. The van der Waals surface area contributed by atoms with Gasteiger partial charge in [-0.05, 0) is 43.4 Å². The van der Waals surface area contributed by atoms with Gasteiger partial charge in [-0.1, -0.05) is 31.4 Å². The molecule has 136 valence electrons. The number of nitrogens with one attached hydrogen (secondary N) is 1. The molecule has 5 nitrogen and oxygen atoms in total. The molecule has 1 aliphatic rings. The molecule has 2 N–H and O–H groups in total. The molecule has 2 rings (SSSR count). The maximum Gasteiger partial charge on any atom is 0.327 e. The van der Waals surface area contributed by atoms with E-state index >= 15 is 0 Å². The summed E-state index contributed by atoms with van der Waals surface area (Å²) >= 11 is 0. The van der Waals surface area contributed by atoms with Gasteiger partial charge in [0.2, 0.25) is 0 Å². The van der Waals surface area contributed by atoms with E-state index in [1.807, 2.05) is 25.1 Å². The van der Waals surface area contributed by atoms with Crippen LogP contribution in [0.2, 0.25) is 0 Å². The number of nitrogens with zero attached hydrogens (tertiary/aromatic N) is 1. The van der Waals surface area contributed by atoms with Crippen LogP contribution in [0, 0.1) is 17.2 Å². The zero-order valence-electron chi connectivity index (χ0n) is 14.7. The molecule has 3 atom stereocenters. The second-order valence-electron chi connectivity index (χ2n) is 6.87. The second-order valence-corrected chi connectivity index (χ2v) is 7.23. The summed E-state index contributed by atoms with van der Waals surface area (Å²) in [5.74, 6) is 0.384. The third-order valence-corrected chi connectivity index (χ3v) is 5.39. The van der Waals surface area contributed by atoms with Gasteiger partial charge in [-0.3, -0.25) is 4.52 Å². The monoisotopic (exact) mass is 362 g/mol. The summed E-state index contributed by atoms with van der Waals surface area (Å²) in [4.78, 5) is 0. The minimum atomic E-state index is -0.560. The summed E-state index contributed by atoms with van der Waals surface area (Å²) in [6.45, 7) is 2.44. The molecule has 0 aliphatic heterocycles. The van der Waals surface area contributed by atoms with Gasteiger partial charge >= 0.3 is 8.69 Å². The molecule has 1 aliphatic carbocycles. The highest BCUT2D eigenvalue weighted by molar-refractivity contribution is 7.17. The van der Waals surface area contributed by atoms with Crippen LogP contribution in [0.1, 0.15) is 62.6 Å². The Morgan fingerprint density at radius 1 is 1.40 bits per heavy atom. The molecular formula is C19H27N2O3P. The van der Waals surface area contributed by atoms with Gasteiger partial charge in [-0.25, -0.2) is 4.57 Å². The average molecular weight is 362 g/mol. The summed E-state index contributed by atoms with van der Waals surface area (Å²) in [6.07, 6.45) is 5.54. The minimum absolute atomic E-state index is 0.0367. The highest BCUT2D eigenvalue weighted by Gasteiger charge is 2.27. The van der Waals surface area contributed by atoms with Crippen LogP contribution in [0.5, 0.6) is 0 Å². The first-order valence-corrected chi connectivity index (χ1v) is 9.77. The predicted octanol–water partition coefficient (Wildman–Crippen LogP) is 4.13. The molecule has 25 heavy (non-hydrogen) atoms. The fourth-order valence-electron chi connectivity index (χ4n) is 3.54. The van der Waals surface area contributed by atoms with Gasteiger partial charge in [0.1, 0.15) is 0 Å². The van der Waals surface area contributed by atoms with Crippen LogP contribution in [-0.4, -0.2) is 23.9 Å². The van der Waals surface area contributed by atoms with Crippen molar-refractivity contribution < 1.29 is 14.2 Å². The van der Waals surface area contributed by atoms with Crippen molar-refractivity contribution in [3.8, 4) is 6.07 Å². The zero-order chi connectivity index (χ0) is 18.1. The fraction of sp³-hybridized carbons (Fsp3) is 0.632. The van der Waals surface area contributed by atoms with E-state index < -0.39 is 6.10 Å². The molecule has 1 unspecified atom stereocenters. The van der Waals surface area contributed by atoms with E-state index in [1.165, 1.54) is 19.3 Å². The summed E-state index contributed by atoms with van der Waals surface area (Å²) in [5.41, 5.74) is 1.65. The van der Waals surface area contributed by atoms with Crippen molar-refractivity contribution in [1.82, 2.24) is 5.32 Å². The molecule has 0 amide bonds. The number of rotatable bonds is 9. The van der Waals surface area contributed by atoms with Crippen molar-refractivity contribution in [2.45, 2.75) is 63.7 Å². The van der Waals surface area contributed by atoms with E-state index in [0.717, 1.165) is 18.4 Å². The number of benzene rings is 1. The molecule has 6 heteroatoms. The number of hydrogen-bond acceptors (Lipinski definition) is 5. The minimum Gasteiger partial charge on any atom is -0.392 e. The predicted molar refractivity (Wildman–Crippen MR) is 97.3 cm³/mol. The molecule has 0 saturated heterocycles. The van der Waals surface area contributed by atoms with Crippen molar-refractivity contribution >= 4 is 8.69 Å². The van der Waals surface area contributed by atoms with Gasteiger partial charge in [0.15, 0.2) is 0 Å². The maximum atomic E-state index is 10.9. The van der Waals surface area contributed by atoms with E-state index in [-0.39, 0.29) is 20.8 Å². The molecule has 0 bridgehead atoms. The third kappa shape index (κ3) is 6.49. The second kappa shape index (κ2) is 10.6. The van der Waals surface area contributed by atoms with Crippen molar-refractivity contribution in [1.29, 1.82) is 5.26 Å². The van der Waals surface area contributed by atoms with Gasteiger partial charge in [-0.2, -0.15) is 5.26 Å². The topological polar surface area (TPSA) is 82.3 Å². The fourth-order valence-corrected chi connectivity index (χ4v) is 3.91. The van der Waals surface area contributed by atoms with Crippen LogP contribution in [0.3, 0.4) is 0 Å². The standard InChI is InChI=1S/C19H27N2O3P/c1-14(17-9-5-6-15(10-17)12-20)21-13-18(22)11-19(24-25-23)16-7-3-2-4-8-16/h5-6,9-10,14,16,18-19,21-22H,2-4,7-8,11,13H2,1H3/t14-,18+,19?/m1/s1. The van der Waals surface area contributed by atoms with Gasteiger partial charge < -0.3 is 10.4 Å². The number of hydrogen-bond donors (Lipinski definition) is 2. The Kier molecular flexibility index (Phi) is 8.51. The first kappa shape index (κ1) is 20.0. The number of aliphatic hydroxyl groups excluding tert-OH is 1. The molecule has 0 radical (unpaired) electrons. The normalized spacial score (nSPS) is 19.2. The molecular weight excluding hydrogens is 335 g/mol. The van der Waals surface area contributed by atoms with Crippen molar-refractivity contribution in [2.24, 2.45) is 5.92 Å². The SMILES string of the molecule is C[C@@H](NC[C@@H](O)CC(OP=O)C1CCCCC1)c1cccc(C#N)c1. The van der Waals surface area contributed by atoms with Gasteiger partial charge in [-0.15, -0.1) is 0 Å². The molecule has 1 aromatic carbocycles. The maximum absolute atomic E-state index is 10.9. The van der Waals surface area contributed by atoms with Crippen molar-refractivity contribution in [3.05, 3.63) is 35.4 Å². The van der Waals surface area contributed by atoms with Crippen LogP contribution in [-0.2, 0) is 9.09 Å².